The number of halogens is 3. The molecule has 0 radical (unpaired) electrons. The van der Waals surface area contributed by atoms with Crippen LogP contribution in [-0.4, -0.2) is 6.86 Å². The van der Waals surface area contributed by atoms with Gasteiger partial charge in [0.15, 0.2) is 11.6 Å². The van der Waals surface area contributed by atoms with Crippen molar-refractivity contribution in [3.05, 3.63) is 23.8 Å². The summed E-state index contributed by atoms with van der Waals surface area (Å²) in [5.74, 6) is -2.97. The largest absolute Gasteiger partial charge is 0.458 e. The SMILES string of the molecule is Nc1ccc(F)c(F)c1OCF. The van der Waals surface area contributed by atoms with Gasteiger partial charge in [-0.1, -0.05) is 0 Å². The van der Waals surface area contributed by atoms with Crippen LogP contribution in [0.15, 0.2) is 12.1 Å². The lowest BCUT2D eigenvalue weighted by molar-refractivity contribution is 0.183. The number of hydrogen-bond acceptors (Lipinski definition) is 2. The third-order valence-corrected chi connectivity index (χ3v) is 1.28. The van der Waals surface area contributed by atoms with Gasteiger partial charge in [-0.2, -0.15) is 4.39 Å². The maximum atomic E-state index is 12.7. The van der Waals surface area contributed by atoms with E-state index in [2.05, 4.69) is 4.74 Å². The van der Waals surface area contributed by atoms with E-state index in [0.717, 1.165) is 12.1 Å². The zero-order valence-corrected chi connectivity index (χ0v) is 5.98. The van der Waals surface area contributed by atoms with E-state index in [-0.39, 0.29) is 5.69 Å². The van der Waals surface area contributed by atoms with Crippen molar-refractivity contribution >= 4 is 5.69 Å². The highest BCUT2D eigenvalue weighted by atomic mass is 19.2. The van der Waals surface area contributed by atoms with E-state index < -0.39 is 24.2 Å². The molecule has 12 heavy (non-hydrogen) atoms. The number of rotatable bonds is 2. The molecule has 5 heteroatoms. The minimum atomic E-state index is -1.27. The second-order valence-corrected chi connectivity index (χ2v) is 2.03. The molecule has 0 aliphatic rings. The summed E-state index contributed by atoms with van der Waals surface area (Å²) in [6, 6.07) is 1.94. The fourth-order valence-corrected chi connectivity index (χ4v) is 0.748. The minimum absolute atomic E-state index is 0.133. The van der Waals surface area contributed by atoms with Crippen LogP contribution in [0.4, 0.5) is 18.9 Å². The zero-order chi connectivity index (χ0) is 9.14. The lowest BCUT2D eigenvalue weighted by atomic mass is 10.3. The highest BCUT2D eigenvalue weighted by Crippen LogP contribution is 2.26. The number of alkyl halides is 1. The minimum Gasteiger partial charge on any atom is -0.458 e. The predicted octanol–water partition coefficient (Wildman–Crippen LogP) is 1.85. The third-order valence-electron chi connectivity index (χ3n) is 1.28. The first kappa shape index (κ1) is 8.70. The highest BCUT2D eigenvalue weighted by molar-refractivity contribution is 5.53. The van der Waals surface area contributed by atoms with Crippen molar-refractivity contribution < 1.29 is 17.9 Å². The van der Waals surface area contributed by atoms with Crippen LogP contribution < -0.4 is 10.5 Å². The molecule has 0 saturated carbocycles. The molecule has 0 heterocycles. The maximum absolute atomic E-state index is 12.7. The first-order valence-electron chi connectivity index (χ1n) is 3.09. The van der Waals surface area contributed by atoms with Crippen LogP contribution in [0, 0.1) is 11.6 Å². The lowest BCUT2D eigenvalue weighted by Gasteiger charge is -2.05. The molecular weight excluding hydrogens is 171 g/mol. The van der Waals surface area contributed by atoms with Gasteiger partial charge in [-0.3, -0.25) is 0 Å². The van der Waals surface area contributed by atoms with E-state index >= 15 is 0 Å². The van der Waals surface area contributed by atoms with E-state index in [0.29, 0.717) is 0 Å². The molecule has 0 atom stereocenters. The van der Waals surface area contributed by atoms with Gasteiger partial charge in [0.05, 0.1) is 5.69 Å². The molecule has 0 aromatic heterocycles. The summed E-state index contributed by atoms with van der Waals surface area (Å²) in [5, 5.41) is 0. The molecule has 0 spiro atoms. The average Bonchev–Trinajstić information content (AvgIpc) is 2.06. The topological polar surface area (TPSA) is 35.2 Å². The molecule has 1 aromatic rings. The van der Waals surface area contributed by atoms with Gasteiger partial charge in [0.2, 0.25) is 12.7 Å². The molecule has 0 aliphatic heterocycles. The van der Waals surface area contributed by atoms with Crippen molar-refractivity contribution in [2.24, 2.45) is 0 Å². The second-order valence-electron chi connectivity index (χ2n) is 2.03. The van der Waals surface area contributed by atoms with E-state index in [9.17, 15) is 13.2 Å². The number of nitrogen functional groups attached to an aromatic ring is 1. The van der Waals surface area contributed by atoms with E-state index in [1.54, 1.807) is 0 Å². The van der Waals surface area contributed by atoms with Gasteiger partial charge < -0.3 is 10.5 Å². The Bertz CT molecular complexity index is 290. The monoisotopic (exact) mass is 177 g/mol. The van der Waals surface area contributed by atoms with Gasteiger partial charge in [-0.05, 0) is 12.1 Å². The molecular formula is C7H6F3NO. The summed E-state index contributed by atoms with van der Waals surface area (Å²) in [6.07, 6.45) is 0. The normalized spacial score (nSPS) is 9.92. The van der Waals surface area contributed by atoms with Gasteiger partial charge in [-0.25, -0.2) is 8.78 Å². The molecule has 0 amide bonds. The molecule has 1 rings (SSSR count). The quantitative estimate of drug-likeness (QED) is 0.699. The molecule has 0 unspecified atom stereocenters. The molecule has 0 aliphatic carbocycles. The van der Waals surface area contributed by atoms with Crippen LogP contribution in [0.1, 0.15) is 0 Å². The average molecular weight is 177 g/mol. The van der Waals surface area contributed by atoms with Crippen LogP contribution >= 0.6 is 0 Å². The highest BCUT2D eigenvalue weighted by Gasteiger charge is 2.12. The number of ether oxygens (including phenoxy) is 1. The predicted molar refractivity (Wildman–Crippen MR) is 37.4 cm³/mol. The van der Waals surface area contributed by atoms with E-state index in [1.165, 1.54) is 0 Å². The van der Waals surface area contributed by atoms with Crippen LogP contribution in [0.2, 0.25) is 0 Å². The molecule has 0 bridgehead atoms. The number of nitrogens with two attached hydrogens (primary N) is 1. The smallest absolute Gasteiger partial charge is 0.228 e. The summed E-state index contributed by atoms with van der Waals surface area (Å²) in [4.78, 5) is 0. The number of benzene rings is 1. The summed E-state index contributed by atoms with van der Waals surface area (Å²) < 4.78 is 40.9. The number of hydrogen-bond donors (Lipinski definition) is 1. The Balaban J connectivity index is 3.14. The third kappa shape index (κ3) is 1.44. The Hall–Kier alpha value is -1.39. The van der Waals surface area contributed by atoms with Crippen LogP contribution in [0.25, 0.3) is 0 Å². The first-order chi connectivity index (χ1) is 5.66. The van der Waals surface area contributed by atoms with Crippen molar-refractivity contribution in [3.8, 4) is 5.75 Å². The van der Waals surface area contributed by atoms with Crippen molar-refractivity contribution in [2.75, 3.05) is 12.6 Å². The van der Waals surface area contributed by atoms with Gasteiger partial charge >= 0.3 is 0 Å². The molecule has 66 valence electrons. The first-order valence-corrected chi connectivity index (χ1v) is 3.09. The summed E-state index contributed by atoms with van der Waals surface area (Å²) in [6.45, 7) is -1.25. The van der Waals surface area contributed by atoms with Crippen molar-refractivity contribution in [2.45, 2.75) is 0 Å². The summed E-state index contributed by atoms with van der Waals surface area (Å²) >= 11 is 0. The van der Waals surface area contributed by atoms with Gasteiger partial charge in [-0.15, -0.1) is 0 Å². The van der Waals surface area contributed by atoms with Crippen molar-refractivity contribution in [3.63, 3.8) is 0 Å². The standard InChI is InChI=1S/C7H6F3NO/c8-3-12-7-5(11)2-1-4(9)6(7)10/h1-2H,3,11H2. The second kappa shape index (κ2) is 3.34. The fourth-order valence-electron chi connectivity index (χ4n) is 0.748. The molecule has 0 saturated heterocycles. The van der Waals surface area contributed by atoms with Crippen molar-refractivity contribution in [1.29, 1.82) is 0 Å². The molecule has 0 fully saturated rings. The van der Waals surface area contributed by atoms with Crippen LogP contribution in [-0.2, 0) is 0 Å². The fraction of sp³-hybridized carbons (Fsp3) is 0.143. The maximum Gasteiger partial charge on any atom is 0.228 e. The zero-order valence-electron chi connectivity index (χ0n) is 5.98. The van der Waals surface area contributed by atoms with Gasteiger partial charge in [0, 0.05) is 0 Å². The molecule has 1 aromatic carbocycles. The Morgan fingerprint density at radius 2 is 2.00 bits per heavy atom. The Morgan fingerprint density at radius 3 is 2.58 bits per heavy atom. The summed E-state index contributed by atoms with van der Waals surface area (Å²) in [5.41, 5.74) is 5.05. The lowest BCUT2D eigenvalue weighted by Crippen LogP contribution is -2.00. The van der Waals surface area contributed by atoms with Crippen LogP contribution in [0.5, 0.6) is 5.75 Å². The van der Waals surface area contributed by atoms with E-state index in [4.69, 9.17) is 5.73 Å². The molecule has 2 nitrogen and oxygen atoms in total. The van der Waals surface area contributed by atoms with Gasteiger partial charge in [0.25, 0.3) is 0 Å². The van der Waals surface area contributed by atoms with Gasteiger partial charge in [0.1, 0.15) is 0 Å². The Labute approximate surface area is 66.7 Å². The Morgan fingerprint density at radius 1 is 1.33 bits per heavy atom. The van der Waals surface area contributed by atoms with Crippen LogP contribution in [0.3, 0.4) is 0 Å². The molecule has 2 N–H and O–H groups in total. The Kier molecular flexibility index (Phi) is 2.42. The summed E-state index contributed by atoms with van der Waals surface area (Å²) in [7, 11) is 0. The van der Waals surface area contributed by atoms with Crippen molar-refractivity contribution in [1.82, 2.24) is 0 Å². The van der Waals surface area contributed by atoms with E-state index in [1.807, 2.05) is 0 Å². The number of anilines is 1.